The van der Waals surface area contributed by atoms with E-state index in [1.165, 1.54) is 38.5 Å². The number of rotatable bonds is 9. The Morgan fingerprint density at radius 3 is 0.864 bits per heavy atom. The smallest absolute Gasteiger partial charge is 0 e. The molecule has 22 heavy (non-hydrogen) atoms. The van der Waals surface area contributed by atoms with E-state index < -0.39 is 0 Å². The van der Waals surface area contributed by atoms with Gasteiger partial charge in [-0.05, 0) is 37.7 Å². The van der Waals surface area contributed by atoms with Gasteiger partial charge in [0.2, 0.25) is 0 Å². The molecule has 0 fully saturated rings. The van der Waals surface area contributed by atoms with E-state index in [9.17, 15) is 0 Å². The third-order valence-electron chi connectivity index (χ3n) is 2.48. The Hall–Kier alpha value is -0.0905. The molecule has 0 rings (SSSR count). The molecule has 128 valence electrons. The van der Waals surface area contributed by atoms with Crippen molar-refractivity contribution in [1.82, 2.24) is 0 Å². The normalized spacial score (nSPS) is 6.91. The summed E-state index contributed by atoms with van der Waals surface area (Å²) in [7, 11) is 0.422. The molecule has 0 aliphatic carbocycles. The predicted octanol–water partition coefficient (Wildman–Crippen LogP) is 4.72. The second-order valence-corrected chi connectivity index (χ2v) is 6.59. The van der Waals surface area contributed by atoms with Gasteiger partial charge in [-0.15, -0.1) is 7.92 Å². The zero-order valence-electron chi connectivity index (χ0n) is 13.8. The Bertz CT molecular complexity index is 184. The Morgan fingerprint density at radius 1 is 0.545 bits per heavy atom. The zero-order valence-corrected chi connectivity index (χ0v) is 15.8. The van der Waals surface area contributed by atoms with Gasteiger partial charge in [-0.3, -0.25) is 0 Å². The van der Waals surface area contributed by atoms with Crippen LogP contribution in [0.15, 0.2) is 0 Å². The van der Waals surface area contributed by atoms with E-state index in [-0.39, 0.29) is 17.1 Å². The number of unbranched alkanes of at least 4 members (excludes halogenated alkanes) is 3. The van der Waals surface area contributed by atoms with E-state index in [1.54, 1.807) is 18.5 Å². The molecule has 0 radical (unpaired) electrons. The summed E-state index contributed by atoms with van der Waals surface area (Å²) >= 11 is 0. The van der Waals surface area contributed by atoms with Crippen molar-refractivity contribution in [3.05, 3.63) is 26.6 Å². The van der Waals surface area contributed by atoms with E-state index in [0.29, 0.717) is 7.92 Å². The van der Waals surface area contributed by atoms with Crippen molar-refractivity contribution in [2.45, 2.75) is 59.3 Å². The molecule has 0 aromatic rings. The van der Waals surface area contributed by atoms with Gasteiger partial charge in [0.25, 0.3) is 0 Å². The van der Waals surface area contributed by atoms with E-state index in [0.717, 1.165) is 0 Å². The summed E-state index contributed by atoms with van der Waals surface area (Å²) in [6.07, 6.45) is 13.2. The molecule has 0 aliphatic heterocycles. The van der Waals surface area contributed by atoms with Gasteiger partial charge in [-0.2, -0.15) is 0 Å². The molecule has 6 heteroatoms. The first kappa shape index (κ1) is 37.8. The van der Waals surface area contributed by atoms with Gasteiger partial charge in [0.1, 0.15) is 0 Å². The molecular weight excluding hydrogens is 343 g/mol. The molecule has 0 amide bonds. The molecule has 4 nitrogen and oxygen atoms in total. The summed E-state index contributed by atoms with van der Waals surface area (Å²) in [5.74, 6) is 0. The molecule has 0 aromatic heterocycles. The fraction of sp³-hybridized carbons (Fsp3) is 0.750. The van der Waals surface area contributed by atoms with Crippen molar-refractivity contribution in [3.63, 3.8) is 0 Å². The van der Waals surface area contributed by atoms with Crippen molar-refractivity contribution >= 4 is 7.92 Å². The fourth-order valence-corrected chi connectivity index (χ4v) is 4.44. The van der Waals surface area contributed by atoms with Gasteiger partial charge in [0, 0.05) is 17.1 Å². The first-order chi connectivity index (χ1) is 10.3. The van der Waals surface area contributed by atoms with Gasteiger partial charge in [-0.1, -0.05) is 40.0 Å². The summed E-state index contributed by atoms with van der Waals surface area (Å²) in [4.78, 5) is 0. The first-order valence-corrected chi connectivity index (χ1v) is 8.78. The maximum Gasteiger partial charge on any atom is 0 e. The van der Waals surface area contributed by atoms with Crippen LogP contribution in [-0.2, 0) is 35.7 Å². The summed E-state index contributed by atoms with van der Waals surface area (Å²) in [6.45, 7) is 24.9. The van der Waals surface area contributed by atoms with Crippen LogP contribution in [0.2, 0.25) is 0 Å². The van der Waals surface area contributed by atoms with E-state index in [4.69, 9.17) is 18.6 Å². The minimum absolute atomic E-state index is 0. The van der Waals surface area contributed by atoms with Crippen LogP contribution in [0.3, 0.4) is 0 Å². The van der Waals surface area contributed by atoms with E-state index in [2.05, 4.69) is 47.4 Å². The summed E-state index contributed by atoms with van der Waals surface area (Å²) in [5.41, 5.74) is 0. The Morgan fingerprint density at radius 2 is 0.727 bits per heavy atom. The van der Waals surface area contributed by atoms with Crippen LogP contribution in [0.25, 0.3) is 0 Å². The van der Waals surface area contributed by atoms with Crippen LogP contribution in [0.4, 0.5) is 0 Å². The molecular formula is C16H27FeO4P. The zero-order chi connectivity index (χ0) is 17.9. The van der Waals surface area contributed by atoms with Gasteiger partial charge < -0.3 is 0 Å². The number of hydrogen-bond donors (Lipinski definition) is 0. The van der Waals surface area contributed by atoms with Crippen LogP contribution in [0.5, 0.6) is 0 Å². The fourth-order valence-electron chi connectivity index (χ4n) is 1.48. The molecule has 0 heterocycles. The first-order valence-electron chi connectivity index (χ1n) is 6.89. The van der Waals surface area contributed by atoms with Crippen LogP contribution < -0.4 is 0 Å². The Labute approximate surface area is 148 Å². The van der Waals surface area contributed by atoms with Gasteiger partial charge >= 0.3 is 45.2 Å². The van der Waals surface area contributed by atoms with Crippen molar-refractivity contribution in [2.75, 3.05) is 18.5 Å². The Kier molecular flexibility index (Phi) is 101. The second kappa shape index (κ2) is 58.4. The van der Waals surface area contributed by atoms with E-state index >= 15 is 0 Å². The van der Waals surface area contributed by atoms with Crippen LogP contribution in [0.1, 0.15) is 59.3 Å². The average Bonchev–Trinajstić information content (AvgIpc) is 2.61. The average molecular weight is 370 g/mol. The van der Waals surface area contributed by atoms with Crippen molar-refractivity contribution in [1.29, 1.82) is 0 Å². The molecule has 0 saturated carbocycles. The van der Waals surface area contributed by atoms with Crippen LogP contribution in [0, 0.1) is 26.6 Å². The molecule has 0 aromatic carbocycles. The molecule has 0 saturated heterocycles. The summed E-state index contributed by atoms with van der Waals surface area (Å²) < 4.78 is 30.0. The SMILES string of the molecule is CCCCP(CCCC)CCCC.[C-]#[O+].[C-]#[O+].[C-]#[O+].[C-]#[O+].[Fe]. The third kappa shape index (κ3) is 50.2. The van der Waals surface area contributed by atoms with Crippen LogP contribution >= 0.6 is 7.92 Å². The van der Waals surface area contributed by atoms with Gasteiger partial charge in [0.05, 0.1) is 0 Å². The molecule has 0 unspecified atom stereocenters. The van der Waals surface area contributed by atoms with Gasteiger partial charge in [-0.25, -0.2) is 0 Å². The summed E-state index contributed by atoms with van der Waals surface area (Å²) in [6, 6.07) is 0. The van der Waals surface area contributed by atoms with Crippen molar-refractivity contribution in [2.24, 2.45) is 0 Å². The second-order valence-electron chi connectivity index (χ2n) is 3.90. The maximum atomic E-state index is 7.50. The van der Waals surface area contributed by atoms with Gasteiger partial charge in [0.15, 0.2) is 0 Å². The van der Waals surface area contributed by atoms with Crippen molar-refractivity contribution in [3.8, 4) is 0 Å². The molecule has 0 aliphatic rings. The quantitative estimate of drug-likeness (QED) is 0.244. The number of hydrogen-bond acceptors (Lipinski definition) is 0. The van der Waals surface area contributed by atoms with Crippen LogP contribution in [-0.4, -0.2) is 18.5 Å². The maximum absolute atomic E-state index is 7.50. The Balaban J connectivity index is -0.0000000613. The van der Waals surface area contributed by atoms with E-state index in [1.807, 2.05) is 0 Å². The minimum Gasteiger partial charge on any atom is 0 e. The molecule has 0 N–H and O–H groups in total. The molecule has 0 spiro atoms. The standard InChI is InChI=1S/C12H27P.4CO.Fe/c1-4-7-10-13(11-8-5-2)12-9-6-3;4*1-2;/h4-12H2,1-3H3;;;;;. The largest absolute Gasteiger partial charge is 0 e. The predicted molar refractivity (Wildman–Crippen MR) is 82.0 cm³/mol. The monoisotopic (exact) mass is 370 g/mol. The molecule has 0 atom stereocenters. The topological polar surface area (TPSA) is 79.6 Å². The molecule has 0 bridgehead atoms. The summed E-state index contributed by atoms with van der Waals surface area (Å²) in [5, 5.41) is 0. The minimum atomic E-state index is 0. The van der Waals surface area contributed by atoms with Crippen molar-refractivity contribution < 1.29 is 35.7 Å². The third-order valence-corrected chi connectivity index (χ3v) is 5.33.